The predicted octanol–water partition coefficient (Wildman–Crippen LogP) is 10.6. The minimum Gasteiger partial charge on any atom is -0.480 e. The molecule has 0 N–H and O–H groups in total. The van der Waals surface area contributed by atoms with Crippen LogP contribution in [0.25, 0.3) is 11.5 Å². The Morgan fingerprint density at radius 3 is 1.02 bits per heavy atom. The molecule has 5 heteroatoms. The van der Waals surface area contributed by atoms with Crippen LogP contribution >= 0.6 is 11.8 Å². The fourth-order valence-electron chi connectivity index (χ4n) is 6.92. The normalized spacial score (nSPS) is 19.8. The maximum Gasteiger partial charge on any atom is 0.204 e. The molecule has 0 unspecified atom stereocenters. The first-order valence-corrected chi connectivity index (χ1v) is 17.9. The summed E-state index contributed by atoms with van der Waals surface area (Å²) in [4.78, 5) is 30.6. The molecule has 0 spiro atoms. The minimum absolute atomic E-state index is 0.0924. The van der Waals surface area contributed by atoms with E-state index in [-0.39, 0.29) is 11.6 Å². The summed E-state index contributed by atoms with van der Waals surface area (Å²) in [5.41, 5.74) is 4.86. The van der Waals surface area contributed by atoms with E-state index in [1.54, 1.807) is 11.8 Å². The molecule has 0 saturated carbocycles. The lowest BCUT2D eigenvalue weighted by atomic mass is 9.89. The van der Waals surface area contributed by atoms with E-state index in [0.717, 1.165) is 32.1 Å². The van der Waals surface area contributed by atoms with Crippen LogP contribution in [0.4, 0.5) is 0 Å². The molecule has 6 aromatic rings. The van der Waals surface area contributed by atoms with Gasteiger partial charge >= 0.3 is 0 Å². The molecule has 0 amide bonds. The van der Waals surface area contributed by atoms with Crippen LogP contribution in [0.5, 0.6) is 0 Å². The van der Waals surface area contributed by atoms with Crippen LogP contribution in [0.15, 0.2) is 192 Å². The highest BCUT2D eigenvalue weighted by Crippen LogP contribution is 2.57. The number of Topliss-reactive ketones (excluding diaryl/α,β-unsaturated/α-hetero) is 2. The highest BCUT2D eigenvalue weighted by atomic mass is 32.2. The van der Waals surface area contributed by atoms with Gasteiger partial charge in [-0.1, -0.05) is 194 Å². The van der Waals surface area contributed by atoms with Gasteiger partial charge < -0.3 is 9.47 Å². The van der Waals surface area contributed by atoms with Crippen molar-refractivity contribution in [3.05, 3.63) is 225 Å². The number of benzene rings is 6. The number of carbonyl (C=O) groups is 2. The van der Waals surface area contributed by atoms with Crippen LogP contribution < -0.4 is 0 Å². The highest BCUT2D eigenvalue weighted by Gasteiger charge is 2.48. The topological polar surface area (TPSA) is 52.6 Å². The van der Waals surface area contributed by atoms with Crippen molar-refractivity contribution in [3.63, 3.8) is 0 Å². The van der Waals surface area contributed by atoms with Gasteiger partial charge in [-0.15, -0.1) is 0 Å². The van der Waals surface area contributed by atoms with Gasteiger partial charge in [0.2, 0.25) is 11.6 Å². The molecule has 0 aliphatic carbocycles. The molecule has 6 aromatic carbocycles. The Balaban J connectivity index is 1.33. The zero-order valence-corrected chi connectivity index (χ0v) is 28.5. The molecule has 2 aliphatic heterocycles. The van der Waals surface area contributed by atoms with Crippen LogP contribution in [-0.4, -0.2) is 23.8 Å². The summed E-state index contributed by atoms with van der Waals surface area (Å²) >= 11 is 1.56. The lowest BCUT2D eigenvalue weighted by molar-refractivity contribution is 0.0750. The average molecular weight is 683 g/mol. The summed E-state index contributed by atoms with van der Waals surface area (Å²) in [5.74, 6) is 0.254. The second-order valence-corrected chi connectivity index (χ2v) is 13.6. The summed E-state index contributed by atoms with van der Waals surface area (Å²) in [6.45, 7) is 0. The Labute approximate surface area is 302 Å². The molecular formula is C46H34O4S. The number of rotatable bonds is 10. The summed E-state index contributed by atoms with van der Waals surface area (Å²) in [5, 5.41) is 0. The molecule has 8 rings (SSSR count). The molecular weight excluding hydrogens is 649 g/mol. The first kappa shape index (κ1) is 32.3. The third-order valence-corrected chi connectivity index (χ3v) is 10.7. The summed E-state index contributed by atoms with van der Waals surface area (Å²) in [7, 11) is 0. The van der Waals surface area contributed by atoms with E-state index >= 15 is 0 Å². The number of carbonyl (C=O) groups excluding carboxylic acids is 2. The largest absolute Gasteiger partial charge is 0.480 e. The van der Waals surface area contributed by atoms with Gasteiger partial charge in [0.15, 0.2) is 12.2 Å². The SMILES string of the molecule is O=C(c1ccccc1)[C@H]1OC(c2ccccc2)=C(SC2=C(c3ccccc3)O[C@H](C(=O)c3ccccc3)[C@H]2c2ccccc2)[C@@H]1c1ccccc1. The third kappa shape index (κ3) is 6.44. The molecule has 4 atom stereocenters. The van der Waals surface area contributed by atoms with E-state index in [9.17, 15) is 9.59 Å². The second kappa shape index (κ2) is 14.5. The van der Waals surface area contributed by atoms with Crippen molar-refractivity contribution in [1.29, 1.82) is 0 Å². The van der Waals surface area contributed by atoms with E-state index in [2.05, 4.69) is 24.3 Å². The van der Waals surface area contributed by atoms with Crippen molar-refractivity contribution in [2.75, 3.05) is 0 Å². The van der Waals surface area contributed by atoms with Crippen molar-refractivity contribution in [2.24, 2.45) is 0 Å². The van der Waals surface area contributed by atoms with Crippen molar-refractivity contribution in [2.45, 2.75) is 24.0 Å². The number of hydrogen-bond acceptors (Lipinski definition) is 5. The zero-order valence-electron chi connectivity index (χ0n) is 27.7. The number of hydrogen-bond donors (Lipinski definition) is 0. The van der Waals surface area contributed by atoms with Crippen molar-refractivity contribution < 1.29 is 19.1 Å². The van der Waals surface area contributed by atoms with Crippen LogP contribution in [-0.2, 0) is 9.47 Å². The van der Waals surface area contributed by atoms with Gasteiger partial charge in [0, 0.05) is 32.1 Å². The fourth-order valence-corrected chi connectivity index (χ4v) is 8.45. The van der Waals surface area contributed by atoms with Gasteiger partial charge in [0.1, 0.15) is 11.5 Å². The number of ether oxygens (including phenoxy) is 2. The van der Waals surface area contributed by atoms with E-state index in [0.29, 0.717) is 22.6 Å². The molecule has 51 heavy (non-hydrogen) atoms. The molecule has 248 valence electrons. The molecule has 2 aliphatic rings. The third-order valence-electron chi connectivity index (χ3n) is 9.35. The van der Waals surface area contributed by atoms with Gasteiger partial charge in [-0.05, 0) is 11.1 Å². The Morgan fingerprint density at radius 2 is 0.686 bits per heavy atom. The Morgan fingerprint density at radius 1 is 0.392 bits per heavy atom. The van der Waals surface area contributed by atoms with Gasteiger partial charge in [-0.25, -0.2) is 0 Å². The predicted molar refractivity (Wildman–Crippen MR) is 204 cm³/mol. The van der Waals surface area contributed by atoms with Crippen LogP contribution in [0, 0.1) is 0 Å². The van der Waals surface area contributed by atoms with E-state index in [1.807, 2.05) is 158 Å². The molecule has 0 radical (unpaired) electrons. The molecule has 0 bridgehead atoms. The van der Waals surface area contributed by atoms with Gasteiger partial charge in [0.25, 0.3) is 0 Å². The van der Waals surface area contributed by atoms with E-state index in [4.69, 9.17) is 9.47 Å². The van der Waals surface area contributed by atoms with Crippen LogP contribution in [0.2, 0.25) is 0 Å². The number of ketones is 2. The van der Waals surface area contributed by atoms with Gasteiger partial charge in [-0.3, -0.25) is 9.59 Å². The van der Waals surface area contributed by atoms with Crippen molar-refractivity contribution in [1.82, 2.24) is 0 Å². The number of thioether (sulfide) groups is 1. The van der Waals surface area contributed by atoms with E-state index < -0.39 is 24.0 Å². The van der Waals surface area contributed by atoms with Crippen LogP contribution in [0.1, 0.15) is 54.8 Å². The lowest BCUT2D eigenvalue weighted by Gasteiger charge is -2.23. The summed E-state index contributed by atoms with van der Waals surface area (Å²) < 4.78 is 13.7. The minimum atomic E-state index is -0.812. The zero-order chi connectivity index (χ0) is 34.6. The average Bonchev–Trinajstić information content (AvgIpc) is 3.78. The highest BCUT2D eigenvalue weighted by molar-refractivity contribution is 8.07. The Kier molecular flexibility index (Phi) is 9.20. The standard InChI is InChI=1S/C46H34O4S/c47-39(33-23-11-3-12-24-33)43-37(31-19-7-1-8-20-31)45(41(49-43)35-27-15-5-16-28-35)51-46-38(32-21-9-2-10-22-32)44(40(48)34-25-13-4-14-26-34)50-42(46)36-29-17-6-18-30-36/h1-30,37-38,43-44H/t37-,38-,43+,44+/m1/s1. The Hall–Kier alpha value is -5.91. The van der Waals surface area contributed by atoms with Crippen molar-refractivity contribution >= 4 is 34.8 Å². The summed E-state index contributed by atoms with van der Waals surface area (Å²) in [6.07, 6.45) is -1.62. The van der Waals surface area contributed by atoms with Crippen LogP contribution in [0.3, 0.4) is 0 Å². The maximum absolute atomic E-state index is 14.4. The first-order valence-electron chi connectivity index (χ1n) is 17.1. The molecule has 0 fully saturated rings. The van der Waals surface area contributed by atoms with Gasteiger partial charge in [0.05, 0.1) is 11.8 Å². The Bertz CT molecular complexity index is 2040. The monoisotopic (exact) mass is 682 g/mol. The van der Waals surface area contributed by atoms with Gasteiger partial charge in [-0.2, -0.15) is 0 Å². The molecule has 0 aromatic heterocycles. The first-order chi connectivity index (χ1) is 25.2. The summed E-state index contributed by atoms with van der Waals surface area (Å²) in [6, 6.07) is 58.8. The molecule has 2 heterocycles. The lowest BCUT2D eigenvalue weighted by Crippen LogP contribution is -2.28. The van der Waals surface area contributed by atoms with E-state index in [1.165, 1.54) is 0 Å². The maximum atomic E-state index is 14.4. The van der Waals surface area contributed by atoms with Crippen molar-refractivity contribution in [3.8, 4) is 0 Å². The molecule has 4 nitrogen and oxygen atoms in total. The smallest absolute Gasteiger partial charge is 0.204 e. The fraction of sp³-hybridized carbons (Fsp3) is 0.0870. The molecule has 0 saturated heterocycles. The second-order valence-electron chi connectivity index (χ2n) is 12.5. The quantitative estimate of drug-likeness (QED) is 0.135.